The molecule has 0 spiro atoms. The van der Waals surface area contributed by atoms with Gasteiger partial charge in [0, 0.05) is 6.07 Å². The van der Waals surface area contributed by atoms with Crippen LogP contribution in [0.4, 0.5) is 15.8 Å². The third-order valence-corrected chi connectivity index (χ3v) is 4.12. The molecule has 0 aliphatic heterocycles. The summed E-state index contributed by atoms with van der Waals surface area (Å²) >= 11 is 0. The van der Waals surface area contributed by atoms with Crippen LogP contribution in [0.25, 0.3) is 0 Å². The Bertz CT molecular complexity index is 1100. The smallest absolute Gasteiger partial charge is 0.342 e. The minimum Gasteiger partial charge on any atom is -0.488 e. The van der Waals surface area contributed by atoms with Gasteiger partial charge in [-0.3, -0.25) is 14.9 Å². The Labute approximate surface area is 176 Å². The maximum atomic E-state index is 13.0. The van der Waals surface area contributed by atoms with Crippen molar-refractivity contribution in [3.05, 3.63) is 99.9 Å². The van der Waals surface area contributed by atoms with E-state index in [1.165, 1.54) is 42.5 Å². The molecular formula is C22H17FN2O6. The molecule has 1 N–H and O–H groups in total. The number of amides is 1. The zero-order valence-electron chi connectivity index (χ0n) is 16.1. The Kier molecular flexibility index (Phi) is 6.89. The Morgan fingerprint density at radius 2 is 1.65 bits per heavy atom. The number of nitro benzene ring substituents is 1. The lowest BCUT2D eigenvalue weighted by Gasteiger charge is -2.11. The van der Waals surface area contributed by atoms with Gasteiger partial charge in [-0.2, -0.15) is 0 Å². The molecule has 9 heteroatoms. The number of para-hydroxylation sites is 3. The van der Waals surface area contributed by atoms with Gasteiger partial charge < -0.3 is 14.8 Å². The average molecular weight is 424 g/mol. The first kappa shape index (κ1) is 21.4. The predicted octanol–water partition coefficient (Wildman–Crippen LogP) is 4.11. The number of benzene rings is 3. The van der Waals surface area contributed by atoms with E-state index in [1.807, 2.05) is 0 Å². The van der Waals surface area contributed by atoms with Gasteiger partial charge in [0.2, 0.25) is 0 Å². The monoisotopic (exact) mass is 424 g/mol. The van der Waals surface area contributed by atoms with Gasteiger partial charge in [0.15, 0.2) is 6.61 Å². The molecule has 1 amide bonds. The molecular weight excluding hydrogens is 407 g/mol. The predicted molar refractivity (Wildman–Crippen MR) is 109 cm³/mol. The number of rotatable bonds is 8. The number of hydrogen-bond donors (Lipinski definition) is 1. The van der Waals surface area contributed by atoms with Crippen LogP contribution in [0.3, 0.4) is 0 Å². The van der Waals surface area contributed by atoms with Crippen molar-refractivity contribution in [3.63, 3.8) is 0 Å². The quantitative estimate of drug-likeness (QED) is 0.331. The molecule has 0 bridgehead atoms. The van der Waals surface area contributed by atoms with E-state index >= 15 is 0 Å². The van der Waals surface area contributed by atoms with Gasteiger partial charge in [0.1, 0.15) is 29.4 Å². The SMILES string of the molecule is O=C(COC(=O)c1ccccc1OCc1ccc(F)cc1)Nc1ccccc1[N+](=O)[O-]. The van der Waals surface area contributed by atoms with Crippen molar-refractivity contribution in [1.82, 2.24) is 0 Å². The number of halogens is 1. The summed E-state index contributed by atoms with van der Waals surface area (Å²) in [5.41, 5.74) is 0.523. The zero-order valence-corrected chi connectivity index (χ0v) is 16.1. The van der Waals surface area contributed by atoms with Crippen molar-refractivity contribution in [3.8, 4) is 5.75 Å². The van der Waals surface area contributed by atoms with Gasteiger partial charge in [-0.25, -0.2) is 9.18 Å². The largest absolute Gasteiger partial charge is 0.488 e. The number of carbonyl (C=O) groups is 2. The van der Waals surface area contributed by atoms with Crippen LogP contribution in [0.5, 0.6) is 5.75 Å². The highest BCUT2D eigenvalue weighted by atomic mass is 19.1. The molecule has 0 heterocycles. The fraction of sp³-hybridized carbons (Fsp3) is 0.0909. The number of nitro groups is 1. The second kappa shape index (κ2) is 9.97. The summed E-state index contributed by atoms with van der Waals surface area (Å²) in [6.45, 7) is -0.542. The van der Waals surface area contributed by atoms with Crippen molar-refractivity contribution in [2.45, 2.75) is 6.61 Å². The van der Waals surface area contributed by atoms with Gasteiger partial charge in [0.25, 0.3) is 11.6 Å². The fourth-order valence-electron chi connectivity index (χ4n) is 2.64. The van der Waals surface area contributed by atoms with Crippen LogP contribution >= 0.6 is 0 Å². The molecule has 31 heavy (non-hydrogen) atoms. The first-order chi connectivity index (χ1) is 14.9. The van der Waals surface area contributed by atoms with Crippen LogP contribution in [0.15, 0.2) is 72.8 Å². The number of esters is 1. The second-order valence-electron chi connectivity index (χ2n) is 6.31. The molecule has 158 valence electrons. The van der Waals surface area contributed by atoms with E-state index in [0.29, 0.717) is 5.56 Å². The number of hydrogen-bond acceptors (Lipinski definition) is 6. The third-order valence-electron chi connectivity index (χ3n) is 4.12. The molecule has 0 radical (unpaired) electrons. The first-order valence-electron chi connectivity index (χ1n) is 9.10. The Morgan fingerprint density at radius 3 is 2.39 bits per heavy atom. The number of nitrogens with one attached hydrogen (secondary N) is 1. The van der Waals surface area contributed by atoms with E-state index in [4.69, 9.17) is 9.47 Å². The van der Waals surface area contributed by atoms with Gasteiger partial charge in [-0.05, 0) is 35.9 Å². The van der Waals surface area contributed by atoms with Crippen molar-refractivity contribution >= 4 is 23.3 Å². The number of nitrogens with zero attached hydrogens (tertiary/aromatic N) is 1. The summed E-state index contributed by atoms with van der Waals surface area (Å²) in [7, 11) is 0. The van der Waals surface area contributed by atoms with Crippen LogP contribution in [0.2, 0.25) is 0 Å². The van der Waals surface area contributed by atoms with Crippen LogP contribution in [-0.4, -0.2) is 23.4 Å². The maximum absolute atomic E-state index is 13.0. The second-order valence-corrected chi connectivity index (χ2v) is 6.31. The number of carbonyl (C=O) groups excluding carboxylic acids is 2. The molecule has 0 fully saturated rings. The minimum absolute atomic E-state index is 0.00317. The molecule has 3 rings (SSSR count). The van der Waals surface area contributed by atoms with E-state index in [0.717, 1.165) is 0 Å². The van der Waals surface area contributed by atoms with Crippen LogP contribution in [-0.2, 0) is 16.1 Å². The van der Waals surface area contributed by atoms with E-state index in [2.05, 4.69) is 5.32 Å². The molecule has 0 unspecified atom stereocenters. The molecule has 0 aliphatic carbocycles. The zero-order chi connectivity index (χ0) is 22.2. The van der Waals surface area contributed by atoms with Crippen LogP contribution in [0.1, 0.15) is 15.9 Å². The van der Waals surface area contributed by atoms with Gasteiger partial charge in [-0.1, -0.05) is 36.4 Å². The molecule has 3 aromatic carbocycles. The van der Waals surface area contributed by atoms with E-state index < -0.39 is 23.4 Å². The molecule has 8 nitrogen and oxygen atoms in total. The summed E-state index contributed by atoms with van der Waals surface area (Å²) in [5.74, 6) is -1.66. The Morgan fingerprint density at radius 1 is 0.968 bits per heavy atom. The van der Waals surface area contributed by atoms with Gasteiger partial charge in [-0.15, -0.1) is 0 Å². The summed E-state index contributed by atoms with van der Waals surface area (Å²) < 4.78 is 23.7. The standard InChI is InChI=1S/C22H17FN2O6/c23-16-11-9-15(10-12-16)13-30-20-8-4-1-5-17(20)22(27)31-14-21(26)24-18-6-2-3-7-19(18)25(28)29/h1-12H,13-14H2,(H,24,26). The highest BCUT2D eigenvalue weighted by Gasteiger charge is 2.18. The average Bonchev–Trinajstić information content (AvgIpc) is 2.77. The Balaban J connectivity index is 1.60. The summed E-state index contributed by atoms with van der Waals surface area (Å²) in [6, 6.07) is 17.6. The van der Waals surface area contributed by atoms with Crippen molar-refractivity contribution in [1.29, 1.82) is 0 Å². The molecule has 0 saturated heterocycles. The normalized spacial score (nSPS) is 10.2. The topological polar surface area (TPSA) is 108 Å². The van der Waals surface area contributed by atoms with Crippen molar-refractivity contribution < 1.29 is 28.4 Å². The summed E-state index contributed by atoms with van der Waals surface area (Å²) in [4.78, 5) is 34.9. The van der Waals surface area contributed by atoms with Crippen molar-refractivity contribution in [2.24, 2.45) is 0 Å². The van der Waals surface area contributed by atoms with E-state index in [9.17, 15) is 24.1 Å². The van der Waals surface area contributed by atoms with Crippen LogP contribution < -0.4 is 10.1 Å². The summed E-state index contributed by atoms with van der Waals surface area (Å²) in [6.07, 6.45) is 0. The van der Waals surface area contributed by atoms with E-state index in [-0.39, 0.29) is 35.1 Å². The molecule has 0 aliphatic rings. The highest BCUT2D eigenvalue weighted by Crippen LogP contribution is 2.23. The maximum Gasteiger partial charge on any atom is 0.342 e. The van der Waals surface area contributed by atoms with E-state index in [1.54, 1.807) is 30.3 Å². The lowest BCUT2D eigenvalue weighted by atomic mass is 10.2. The minimum atomic E-state index is -0.799. The molecule has 0 saturated carbocycles. The Hall–Kier alpha value is -4.27. The molecule has 3 aromatic rings. The van der Waals surface area contributed by atoms with Gasteiger partial charge >= 0.3 is 5.97 Å². The lowest BCUT2D eigenvalue weighted by Crippen LogP contribution is -2.21. The molecule has 0 atom stereocenters. The number of ether oxygens (including phenoxy) is 2. The first-order valence-corrected chi connectivity index (χ1v) is 9.10. The fourth-order valence-corrected chi connectivity index (χ4v) is 2.64. The van der Waals surface area contributed by atoms with Crippen LogP contribution in [0, 0.1) is 15.9 Å². The third kappa shape index (κ3) is 5.86. The number of anilines is 1. The lowest BCUT2D eigenvalue weighted by molar-refractivity contribution is -0.383. The molecule has 0 aromatic heterocycles. The highest BCUT2D eigenvalue weighted by molar-refractivity contribution is 5.97. The summed E-state index contributed by atoms with van der Waals surface area (Å²) in [5, 5.41) is 13.4. The van der Waals surface area contributed by atoms with Gasteiger partial charge in [0.05, 0.1) is 4.92 Å². The van der Waals surface area contributed by atoms with Crippen molar-refractivity contribution in [2.75, 3.05) is 11.9 Å².